The molecule has 1 amide bonds. The highest BCUT2D eigenvalue weighted by Gasteiger charge is 2.11. The summed E-state index contributed by atoms with van der Waals surface area (Å²) in [5, 5.41) is 16.7. The van der Waals surface area contributed by atoms with Gasteiger partial charge in [-0.2, -0.15) is 0 Å². The zero-order valence-corrected chi connectivity index (χ0v) is 21.6. The lowest BCUT2D eigenvalue weighted by atomic mass is 10.1. The number of carbonyl (C=O) groups is 1. The summed E-state index contributed by atoms with van der Waals surface area (Å²) < 4.78 is 11.3. The van der Waals surface area contributed by atoms with Crippen LogP contribution in [0.4, 0.5) is 10.8 Å². The molecule has 37 heavy (non-hydrogen) atoms. The Hall–Kier alpha value is -3.92. The number of benzene rings is 3. The van der Waals surface area contributed by atoms with Gasteiger partial charge in [0.25, 0.3) is 5.69 Å². The number of halogens is 2. The van der Waals surface area contributed by atoms with Crippen molar-refractivity contribution < 1.29 is 19.2 Å². The molecule has 0 aliphatic carbocycles. The average Bonchev–Trinajstić information content (AvgIpc) is 3.36. The maximum atomic E-state index is 12.4. The molecule has 0 saturated carbocycles. The van der Waals surface area contributed by atoms with Crippen molar-refractivity contribution in [2.45, 2.75) is 6.61 Å². The summed E-state index contributed by atoms with van der Waals surface area (Å²) in [6, 6.07) is 16.5. The minimum atomic E-state index is -0.463. The average molecular weight is 556 g/mol. The van der Waals surface area contributed by atoms with Crippen molar-refractivity contribution in [1.29, 1.82) is 0 Å². The van der Waals surface area contributed by atoms with Crippen molar-refractivity contribution in [3.05, 3.63) is 103 Å². The van der Waals surface area contributed by atoms with Gasteiger partial charge in [-0.15, -0.1) is 11.3 Å². The van der Waals surface area contributed by atoms with E-state index in [1.165, 1.54) is 36.7 Å². The number of ether oxygens (including phenoxy) is 2. The Balaban J connectivity index is 1.38. The maximum Gasteiger partial charge on any atom is 0.269 e. The smallest absolute Gasteiger partial charge is 0.269 e. The molecule has 1 heterocycles. The third kappa shape index (κ3) is 6.65. The van der Waals surface area contributed by atoms with Gasteiger partial charge in [-0.25, -0.2) is 4.98 Å². The van der Waals surface area contributed by atoms with Crippen molar-refractivity contribution in [3.63, 3.8) is 0 Å². The minimum Gasteiger partial charge on any atom is -0.493 e. The van der Waals surface area contributed by atoms with Gasteiger partial charge in [-0.3, -0.25) is 20.2 Å². The second-order valence-corrected chi connectivity index (χ2v) is 9.24. The van der Waals surface area contributed by atoms with Crippen molar-refractivity contribution in [1.82, 2.24) is 4.98 Å². The van der Waals surface area contributed by atoms with E-state index >= 15 is 0 Å². The number of nitrogens with zero attached hydrogens (tertiary/aromatic N) is 2. The number of nitrogens with one attached hydrogen (secondary N) is 1. The lowest BCUT2D eigenvalue weighted by molar-refractivity contribution is -0.384. The Kier molecular flexibility index (Phi) is 8.39. The summed E-state index contributed by atoms with van der Waals surface area (Å²) in [4.78, 5) is 27.1. The Morgan fingerprint density at radius 3 is 2.51 bits per heavy atom. The molecular formula is C26H19Cl2N3O5S. The predicted octanol–water partition coefficient (Wildman–Crippen LogP) is 7.26. The number of carbonyl (C=O) groups excluding carboxylic acids is 1. The maximum absolute atomic E-state index is 12.4. The topological polar surface area (TPSA) is 104 Å². The van der Waals surface area contributed by atoms with Crippen LogP contribution >= 0.6 is 34.5 Å². The molecule has 0 aliphatic heterocycles. The van der Waals surface area contributed by atoms with Gasteiger partial charge >= 0.3 is 0 Å². The molecule has 1 aromatic heterocycles. The molecule has 0 saturated heterocycles. The molecule has 0 unspecified atom stereocenters. The molecule has 0 spiro atoms. The standard InChI is InChI=1S/C26H19Cl2N3O5S/c1-35-24-13-16(5-11-23(24)36-14-19-20(27)3-2-4-21(19)28)6-12-25(32)30-26-29-22(15-37-26)17-7-9-18(10-8-17)31(33)34/h2-13,15H,14H2,1H3,(H,29,30,32)/b12-6+. The summed E-state index contributed by atoms with van der Waals surface area (Å²) in [6.07, 6.45) is 3.02. The molecule has 8 nitrogen and oxygen atoms in total. The molecule has 0 aliphatic rings. The molecule has 3 aromatic carbocycles. The van der Waals surface area contributed by atoms with E-state index in [1.54, 1.807) is 60.0 Å². The van der Waals surface area contributed by atoms with E-state index in [4.69, 9.17) is 32.7 Å². The van der Waals surface area contributed by atoms with Crippen LogP contribution in [-0.4, -0.2) is 22.9 Å². The molecule has 4 aromatic rings. The number of nitro benzene ring substituents is 1. The molecule has 1 N–H and O–H groups in total. The molecule has 11 heteroatoms. The van der Waals surface area contributed by atoms with E-state index in [0.29, 0.717) is 43.5 Å². The molecule has 188 valence electrons. The molecule has 0 bridgehead atoms. The van der Waals surface area contributed by atoms with E-state index in [-0.39, 0.29) is 18.2 Å². The minimum absolute atomic E-state index is 0.00106. The van der Waals surface area contributed by atoms with Crippen LogP contribution in [-0.2, 0) is 11.4 Å². The van der Waals surface area contributed by atoms with Crippen LogP contribution in [0.25, 0.3) is 17.3 Å². The van der Waals surface area contributed by atoms with Crippen molar-refractivity contribution in [2.75, 3.05) is 12.4 Å². The first-order chi connectivity index (χ1) is 17.8. The molecule has 0 radical (unpaired) electrons. The largest absolute Gasteiger partial charge is 0.493 e. The molecule has 0 fully saturated rings. The van der Waals surface area contributed by atoms with Crippen LogP contribution < -0.4 is 14.8 Å². The number of aromatic nitrogens is 1. The molecule has 4 rings (SSSR count). The fraction of sp³-hybridized carbons (Fsp3) is 0.0769. The van der Waals surface area contributed by atoms with Gasteiger partial charge in [0.05, 0.1) is 17.7 Å². The van der Waals surface area contributed by atoms with Crippen LogP contribution in [0.1, 0.15) is 11.1 Å². The third-order valence-electron chi connectivity index (χ3n) is 5.16. The van der Waals surface area contributed by atoms with Gasteiger partial charge in [0.1, 0.15) is 6.61 Å². The molecular weight excluding hydrogens is 537 g/mol. The number of thiazole rings is 1. The monoisotopic (exact) mass is 555 g/mol. The highest BCUT2D eigenvalue weighted by molar-refractivity contribution is 7.14. The van der Waals surface area contributed by atoms with Gasteiger partial charge < -0.3 is 9.47 Å². The predicted molar refractivity (Wildman–Crippen MR) is 146 cm³/mol. The fourth-order valence-electron chi connectivity index (χ4n) is 3.26. The zero-order valence-electron chi connectivity index (χ0n) is 19.3. The third-order valence-corrected chi connectivity index (χ3v) is 6.62. The number of nitro groups is 1. The summed E-state index contributed by atoms with van der Waals surface area (Å²) in [5.74, 6) is 0.622. The van der Waals surface area contributed by atoms with E-state index in [0.717, 1.165) is 5.56 Å². The lowest BCUT2D eigenvalue weighted by Crippen LogP contribution is -2.07. The zero-order chi connectivity index (χ0) is 26.4. The number of rotatable bonds is 9. The molecule has 0 atom stereocenters. The Bertz CT molecular complexity index is 1450. The number of methoxy groups -OCH3 is 1. The summed E-state index contributed by atoms with van der Waals surface area (Å²) in [7, 11) is 1.52. The van der Waals surface area contributed by atoms with E-state index in [2.05, 4.69) is 10.3 Å². The Labute approximate surface area is 226 Å². The van der Waals surface area contributed by atoms with Gasteiger partial charge in [0.15, 0.2) is 16.6 Å². The van der Waals surface area contributed by atoms with Gasteiger partial charge in [0, 0.05) is 44.8 Å². The van der Waals surface area contributed by atoms with Gasteiger partial charge in [-0.05, 0) is 48.0 Å². The fourth-order valence-corrected chi connectivity index (χ4v) is 4.49. The van der Waals surface area contributed by atoms with Crippen molar-refractivity contribution >= 4 is 57.3 Å². The van der Waals surface area contributed by atoms with Crippen LogP contribution in [0.15, 0.2) is 72.1 Å². The van der Waals surface area contributed by atoms with E-state index in [1.807, 2.05) is 0 Å². The first-order valence-corrected chi connectivity index (χ1v) is 12.4. The Morgan fingerprint density at radius 2 is 1.84 bits per heavy atom. The second-order valence-electron chi connectivity index (χ2n) is 7.56. The summed E-state index contributed by atoms with van der Waals surface area (Å²) in [6.45, 7) is 0.169. The normalized spacial score (nSPS) is 10.9. The highest BCUT2D eigenvalue weighted by atomic mass is 35.5. The quantitative estimate of drug-likeness (QED) is 0.132. The van der Waals surface area contributed by atoms with Crippen LogP contribution in [0.3, 0.4) is 0 Å². The summed E-state index contributed by atoms with van der Waals surface area (Å²) >= 11 is 13.7. The lowest BCUT2D eigenvalue weighted by Gasteiger charge is -2.13. The van der Waals surface area contributed by atoms with Crippen molar-refractivity contribution in [2.24, 2.45) is 0 Å². The number of amides is 1. The van der Waals surface area contributed by atoms with Crippen LogP contribution in [0.2, 0.25) is 10.0 Å². The SMILES string of the molecule is COc1cc(/C=C/C(=O)Nc2nc(-c3ccc([N+](=O)[O-])cc3)cs2)ccc1OCc1c(Cl)cccc1Cl. The Morgan fingerprint density at radius 1 is 1.11 bits per heavy atom. The van der Waals surface area contributed by atoms with Crippen molar-refractivity contribution in [3.8, 4) is 22.8 Å². The van der Waals surface area contributed by atoms with Crippen LogP contribution in [0, 0.1) is 10.1 Å². The number of hydrogen-bond donors (Lipinski definition) is 1. The van der Waals surface area contributed by atoms with Gasteiger partial charge in [0.2, 0.25) is 5.91 Å². The van der Waals surface area contributed by atoms with Gasteiger partial charge in [-0.1, -0.05) is 35.3 Å². The first-order valence-electron chi connectivity index (χ1n) is 10.8. The number of anilines is 1. The highest BCUT2D eigenvalue weighted by Crippen LogP contribution is 2.32. The summed E-state index contributed by atoms with van der Waals surface area (Å²) in [5.41, 5.74) is 2.72. The second kappa shape index (κ2) is 11.9. The van der Waals surface area contributed by atoms with E-state index in [9.17, 15) is 14.9 Å². The van der Waals surface area contributed by atoms with E-state index < -0.39 is 4.92 Å². The first kappa shape index (κ1) is 26.2. The number of hydrogen-bond acceptors (Lipinski definition) is 7. The van der Waals surface area contributed by atoms with Crippen LogP contribution in [0.5, 0.6) is 11.5 Å². The number of non-ortho nitro benzene ring substituents is 1.